The number of nitrogens with one attached hydrogen (secondary N) is 1. The third-order valence-electron chi connectivity index (χ3n) is 3.89. The minimum Gasteiger partial charge on any atom is -0.396 e. The molecule has 1 heterocycles. The van der Waals surface area contributed by atoms with Crippen molar-refractivity contribution in [1.29, 1.82) is 0 Å². The van der Waals surface area contributed by atoms with E-state index in [-0.39, 0.29) is 12.0 Å². The quantitative estimate of drug-likeness (QED) is 0.720. The van der Waals surface area contributed by atoms with Gasteiger partial charge in [0, 0.05) is 31.2 Å². The van der Waals surface area contributed by atoms with Crippen LogP contribution in [0.3, 0.4) is 0 Å². The average Bonchev–Trinajstić information content (AvgIpc) is 2.35. The van der Waals surface area contributed by atoms with Crippen LogP contribution in [0.2, 0.25) is 0 Å². The van der Waals surface area contributed by atoms with E-state index in [1.54, 1.807) is 0 Å². The van der Waals surface area contributed by atoms with E-state index in [1.165, 1.54) is 12.8 Å². The molecular formula is C14H29NO2. The SMILES string of the molecule is CC(C)CCC(C)NCC1(CO)CCOCC1. The molecule has 0 aliphatic carbocycles. The zero-order chi connectivity index (χ0) is 12.7. The first-order chi connectivity index (χ1) is 8.08. The summed E-state index contributed by atoms with van der Waals surface area (Å²) in [4.78, 5) is 0. The Morgan fingerprint density at radius 2 is 1.82 bits per heavy atom. The van der Waals surface area contributed by atoms with Gasteiger partial charge in [0.15, 0.2) is 0 Å². The van der Waals surface area contributed by atoms with Gasteiger partial charge in [0.1, 0.15) is 0 Å². The van der Waals surface area contributed by atoms with Crippen molar-refractivity contribution in [3.8, 4) is 0 Å². The van der Waals surface area contributed by atoms with Gasteiger partial charge in [-0.15, -0.1) is 0 Å². The van der Waals surface area contributed by atoms with Crippen molar-refractivity contribution in [3.63, 3.8) is 0 Å². The fourth-order valence-electron chi connectivity index (χ4n) is 2.27. The van der Waals surface area contributed by atoms with E-state index in [4.69, 9.17) is 4.74 Å². The van der Waals surface area contributed by atoms with Crippen LogP contribution in [-0.2, 0) is 4.74 Å². The molecule has 0 aromatic carbocycles. The van der Waals surface area contributed by atoms with Gasteiger partial charge in [0.25, 0.3) is 0 Å². The maximum Gasteiger partial charge on any atom is 0.0501 e. The topological polar surface area (TPSA) is 41.5 Å². The second kappa shape index (κ2) is 7.34. The Morgan fingerprint density at radius 1 is 1.18 bits per heavy atom. The Balaban J connectivity index is 2.26. The maximum atomic E-state index is 9.58. The van der Waals surface area contributed by atoms with Gasteiger partial charge in [-0.05, 0) is 38.5 Å². The normalized spacial score (nSPS) is 21.7. The Labute approximate surface area is 106 Å². The Bertz CT molecular complexity index is 200. The highest BCUT2D eigenvalue weighted by molar-refractivity contribution is 4.84. The molecule has 0 spiro atoms. The standard InChI is InChI=1S/C14H29NO2/c1-12(2)4-5-13(3)15-10-14(11-16)6-8-17-9-7-14/h12-13,15-16H,4-11H2,1-3H3. The van der Waals surface area contributed by atoms with Crippen LogP contribution in [0, 0.1) is 11.3 Å². The number of aliphatic hydroxyl groups is 1. The lowest BCUT2D eigenvalue weighted by Crippen LogP contribution is -2.44. The first-order valence-electron chi connectivity index (χ1n) is 7.00. The van der Waals surface area contributed by atoms with Crippen LogP contribution in [0.4, 0.5) is 0 Å². The van der Waals surface area contributed by atoms with E-state index in [0.717, 1.165) is 38.5 Å². The number of ether oxygens (including phenoxy) is 1. The van der Waals surface area contributed by atoms with Gasteiger partial charge in [-0.1, -0.05) is 13.8 Å². The molecule has 1 aliphatic heterocycles. The van der Waals surface area contributed by atoms with Crippen molar-refractivity contribution in [3.05, 3.63) is 0 Å². The molecule has 1 unspecified atom stereocenters. The third kappa shape index (κ3) is 5.36. The highest BCUT2D eigenvalue weighted by atomic mass is 16.5. The first kappa shape index (κ1) is 14.9. The Kier molecular flexibility index (Phi) is 6.45. The number of hydrogen-bond acceptors (Lipinski definition) is 3. The van der Waals surface area contributed by atoms with Crippen LogP contribution >= 0.6 is 0 Å². The van der Waals surface area contributed by atoms with E-state index < -0.39 is 0 Å². The van der Waals surface area contributed by atoms with E-state index in [9.17, 15) is 5.11 Å². The summed E-state index contributed by atoms with van der Waals surface area (Å²) in [6, 6.07) is 0.545. The van der Waals surface area contributed by atoms with Gasteiger partial charge in [-0.2, -0.15) is 0 Å². The van der Waals surface area contributed by atoms with Crippen molar-refractivity contribution in [2.45, 2.75) is 52.5 Å². The summed E-state index contributed by atoms with van der Waals surface area (Å²) < 4.78 is 5.37. The molecular weight excluding hydrogens is 214 g/mol. The molecule has 0 amide bonds. The van der Waals surface area contributed by atoms with Crippen LogP contribution in [0.25, 0.3) is 0 Å². The molecule has 0 aromatic rings. The van der Waals surface area contributed by atoms with Crippen LogP contribution in [0.5, 0.6) is 0 Å². The summed E-state index contributed by atoms with van der Waals surface area (Å²) in [6.45, 7) is 9.56. The zero-order valence-corrected chi connectivity index (χ0v) is 11.7. The van der Waals surface area contributed by atoms with Gasteiger partial charge in [-0.3, -0.25) is 0 Å². The second-order valence-corrected chi connectivity index (χ2v) is 6.02. The van der Waals surface area contributed by atoms with Crippen LogP contribution in [0.1, 0.15) is 46.5 Å². The summed E-state index contributed by atoms with van der Waals surface area (Å²) in [7, 11) is 0. The predicted octanol–water partition coefficient (Wildman–Crippen LogP) is 2.19. The monoisotopic (exact) mass is 243 g/mol. The van der Waals surface area contributed by atoms with Gasteiger partial charge < -0.3 is 15.2 Å². The molecule has 1 aliphatic rings. The van der Waals surface area contributed by atoms with E-state index in [2.05, 4.69) is 26.1 Å². The fraction of sp³-hybridized carbons (Fsp3) is 1.00. The number of aliphatic hydroxyl groups excluding tert-OH is 1. The molecule has 1 atom stereocenters. The van der Waals surface area contributed by atoms with E-state index >= 15 is 0 Å². The molecule has 1 rings (SSSR count). The predicted molar refractivity (Wildman–Crippen MR) is 71.1 cm³/mol. The van der Waals surface area contributed by atoms with Crippen LogP contribution < -0.4 is 5.32 Å². The minimum absolute atomic E-state index is 0.0599. The summed E-state index contributed by atoms with van der Waals surface area (Å²) in [5.41, 5.74) is 0.0599. The van der Waals surface area contributed by atoms with Crippen LogP contribution in [0.15, 0.2) is 0 Å². The molecule has 0 saturated carbocycles. The largest absolute Gasteiger partial charge is 0.396 e. The lowest BCUT2D eigenvalue weighted by atomic mass is 9.81. The van der Waals surface area contributed by atoms with E-state index in [0.29, 0.717) is 6.04 Å². The Morgan fingerprint density at radius 3 is 2.35 bits per heavy atom. The van der Waals surface area contributed by atoms with Gasteiger partial charge in [0.2, 0.25) is 0 Å². The van der Waals surface area contributed by atoms with Gasteiger partial charge in [0.05, 0.1) is 6.61 Å². The van der Waals surface area contributed by atoms with Gasteiger partial charge >= 0.3 is 0 Å². The van der Waals surface area contributed by atoms with Crippen molar-refractivity contribution in [1.82, 2.24) is 5.32 Å². The molecule has 3 heteroatoms. The lowest BCUT2D eigenvalue weighted by molar-refractivity contribution is -0.0164. The van der Waals surface area contributed by atoms with Gasteiger partial charge in [-0.25, -0.2) is 0 Å². The highest BCUT2D eigenvalue weighted by Gasteiger charge is 2.31. The zero-order valence-electron chi connectivity index (χ0n) is 11.7. The third-order valence-corrected chi connectivity index (χ3v) is 3.89. The molecule has 17 heavy (non-hydrogen) atoms. The second-order valence-electron chi connectivity index (χ2n) is 6.02. The first-order valence-corrected chi connectivity index (χ1v) is 7.00. The molecule has 1 fully saturated rings. The average molecular weight is 243 g/mol. The van der Waals surface area contributed by atoms with Crippen LogP contribution in [-0.4, -0.2) is 37.5 Å². The smallest absolute Gasteiger partial charge is 0.0501 e. The van der Waals surface area contributed by atoms with E-state index in [1.807, 2.05) is 0 Å². The molecule has 2 N–H and O–H groups in total. The number of rotatable bonds is 7. The summed E-state index contributed by atoms with van der Waals surface area (Å²) in [5.74, 6) is 0.772. The highest BCUT2D eigenvalue weighted by Crippen LogP contribution is 2.29. The molecule has 0 bridgehead atoms. The fourth-order valence-corrected chi connectivity index (χ4v) is 2.27. The van der Waals surface area contributed by atoms with Crippen molar-refractivity contribution in [2.75, 3.05) is 26.4 Å². The number of hydrogen-bond donors (Lipinski definition) is 2. The molecule has 102 valence electrons. The minimum atomic E-state index is 0.0599. The van der Waals surface area contributed by atoms with Crippen molar-refractivity contribution in [2.24, 2.45) is 11.3 Å². The maximum absolute atomic E-state index is 9.58. The van der Waals surface area contributed by atoms with Crippen molar-refractivity contribution >= 4 is 0 Å². The molecule has 0 aromatic heterocycles. The Hall–Kier alpha value is -0.120. The molecule has 3 nitrogen and oxygen atoms in total. The molecule has 1 saturated heterocycles. The lowest BCUT2D eigenvalue weighted by Gasteiger charge is -2.36. The summed E-state index contributed by atoms with van der Waals surface area (Å²) in [6.07, 6.45) is 4.44. The summed E-state index contributed by atoms with van der Waals surface area (Å²) >= 11 is 0. The summed E-state index contributed by atoms with van der Waals surface area (Å²) in [5, 5.41) is 13.2. The van der Waals surface area contributed by atoms with Crippen molar-refractivity contribution < 1.29 is 9.84 Å². The molecule has 0 radical (unpaired) electrons.